The Morgan fingerprint density at radius 2 is 2.20 bits per heavy atom. The summed E-state index contributed by atoms with van der Waals surface area (Å²) in [4.78, 5) is 19.2. The third-order valence-electron chi connectivity index (χ3n) is 2.57. The van der Waals surface area contributed by atoms with E-state index in [0.29, 0.717) is 29.3 Å². The van der Waals surface area contributed by atoms with Crippen molar-refractivity contribution in [1.82, 2.24) is 9.97 Å². The Bertz CT molecular complexity index is 692. The molecule has 6 heteroatoms. The molecule has 6 nitrogen and oxygen atoms in total. The minimum absolute atomic E-state index is 0.0595. The number of rotatable bonds is 4. The monoisotopic (exact) mass is 268 g/mol. The van der Waals surface area contributed by atoms with E-state index in [2.05, 4.69) is 15.3 Å². The van der Waals surface area contributed by atoms with E-state index in [4.69, 9.17) is 10.4 Å². The molecule has 0 spiro atoms. The van der Waals surface area contributed by atoms with E-state index >= 15 is 0 Å². The zero-order chi connectivity index (χ0) is 14.5. The molecule has 0 unspecified atom stereocenters. The summed E-state index contributed by atoms with van der Waals surface area (Å²) in [5.74, 6) is -0.260. The fraction of sp³-hybridized carbons (Fsp3) is 0.143. The van der Waals surface area contributed by atoms with Crippen LogP contribution in [0.15, 0.2) is 30.3 Å². The van der Waals surface area contributed by atoms with Crippen molar-refractivity contribution in [3.05, 3.63) is 47.4 Å². The second-order valence-corrected chi connectivity index (χ2v) is 4.03. The van der Waals surface area contributed by atoms with Gasteiger partial charge < -0.3 is 10.4 Å². The van der Waals surface area contributed by atoms with Gasteiger partial charge in [-0.2, -0.15) is 5.26 Å². The lowest BCUT2D eigenvalue weighted by Crippen LogP contribution is -2.07. The predicted octanol–water partition coefficient (Wildman–Crippen LogP) is 2.35. The fourth-order valence-corrected chi connectivity index (χ4v) is 1.64. The van der Waals surface area contributed by atoms with Gasteiger partial charge in [0.25, 0.3) is 0 Å². The number of carboxylic acids is 1. The molecule has 2 N–H and O–H groups in total. The van der Waals surface area contributed by atoms with Crippen molar-refractivity contribution >= 4 is 17.5 Å². The number of anilines is 2. The number of aromatic carboxylic acids is 1. The molecule has 0 amide bonds. The number of aryl methyl sites for hydroxylation is 1. The van der Waals surface area contributed by atoms with Crippen LogP contribution in [-0.2, 0) is 6.42 Å². The van der Waals surface area contributed by atoms with Crippen LogP contribution in [0.1, 0.15) is 28.8 Å². The summed E-state index contributed by atoms with van der Waals surface area (Å²) in [6.45, 7) is 1.85. The summed E-state index contributed by atoms with van der Waals surface area (Å²) in [5, 5.41) is 20.8. The molecule has 0 atom stereocenters. The predicted molar refractivity (Wildman–Crippen MR) is 72.8 cm³/mol. The van der Waals surface area contributed by atoms with E-state index in [1.807, 2.05) is 13.0 Å². The molecule has 2 aromatic rings. The van der Waals surface area contributed by atoms with Crippen molar-refractivity contribution in [3.63, 3.8) is 0 Å². The average Bonchev–Trinajstić information content (AvgIpc) is 2.47. The molecule has 2 rings (SSSR count). The number of aromatic nitrogens is 2. The molecule has 0 saturated heterocycles. The first-order valence-corrected chi connectivity index (χ1v) is 6.01. The lowest BCUT2D eigenvalue weighted by atomic mass is 10.2. The van der Waals surface area contributed by atoms with Gasteiger partial charge in [0.2, 0.25) is 0 Å². The highest BCUT2D eigenvalue weighted by atomic mass is 16.4. The quantitative estimate of drug-likeness (QED) is 0.883. The van der Waals surface area contributed by atoms with Gasteiger partial charge >= 0.3 is 5.97 Å². The normalized spacial score (nSPS) is 9.80. The third kappa shape index (κ3) is 3.09. The van der Waals surface area contributed by atoms with Gasteiger partial charge in [0.1, 0.15) is 11.6 Å². The van der Waals surface area contributed by atoms with Gasteiger partial charge in [-0.3, -0.25) is 0 Å². The number of carboxylic acid groups (broad SMARTS) is 1. The topological polar surface area (TPSA) is 98.9 Å². The lowest BCUT2D eigenvalue weighted by molar-refractivity contribution is 0.0690. The summed E-state index contributed by atoms with van der Waals surface area (Å²) in [6.07, 6.45) is 0.536. The summed E-state index contributed by atoms with van der Waals surface area (Å²) in [6, 6.07) is 10.3. The molecule has 0 aliphatic carbocycles. The highest BCUT2D eigenvalue weighted by Crippen LogP contribution is 2.17. The van der Waals surface area contributed by atoms with Gasteiger partial charge in [-0.05, 0) is 18.2 Å². The van der Waals surface area contributed by atoms with E-state index < -0.39 is 5.97 Å². The molecule has 0 bridgehead atoms. The number of nitriles is 1. The van der Waals surface area contributed by atoms with Gasteiger partial charge in [0.15, 0.2) is 5.69 Å². The molecule has 0 radical (unpaired) electrons. The first-order valence-electron chi connectivity index (χ1n) is 6.01. The Balaban J connectivity index is 2.35. The number of hydrogen-bond donors (Lipinski definition) is 2. The van der Waals surface area contributed by atoms with Gasteiger partial charge in [0.05, 0.1) is 11.6 Å². The molecule has 100 valence electrons. The van der Waals surface area contributed by atoms with Crippen LogP contribution in [0, 0.1) is 11.3 Å². The van der Waals surface area contributed by atoms with Crippen molar-refractivity contribution in [2.24, 2.45) is 0 Å². The van der Waals surface area contributed by atoms with Crippen LogP contribution in [0.5, 0.6) is 0 Å². The zero-order valence-electron chi connectivity index (χ0n) is 10.8. The number of benzene rings is 1. The van der Waals surface area contributed by atoms with Gasteiger partial charge in [-0.1, -0.05) is 13.0 Å². The van der Waals surface area contributed by atoms with E-state index in [1.54, 1.807) is 24.3 Å². The molecule has 1 aromatic carbocycles. The first kappa shape index (κ1) is 13.5. The van der Waals surface area contributed by atoms with Crippen molar-refractivity contribution in [2.45, 2.75) is 13.3 Å². The third-order valence-corrected chi connectivity index (χ3v) is 2.57. The molecular formula is C14H12N4O2. The molecule has 0 saturated carbocycles. The van der Waals surface area contributed by atoms with E-state index in [9.17, 15) is 4.79 Å². The van der Waals surface area contributed by atoms with Crippen LogP contribution in [-0.4, -0.2) is 21.0 Å². The Hall–Kier alpha value is -2.94. The number of nitrogens with zero attached hydrogens (tertiary/aromatic N) is 3. The number of nitrogens with one attached hydrogen (secondary N) is 1. The largest absolute Gasteiger partial charge is 0.477 e. The molecule has 0 aliphatic rings. The van der Waals surface area contributed by atoms with Crippen LogP contribution < -0.4 is 5.32 Å². The van der Waals surface area contributed by atoms with Crippen molar-refractivity contribution in [3.8, 4) is 6.07 Å². The summed E-state index contributed by atoms with van der Waals surface area (Å²) < 4.78 is 0. The van der Waals surface area contributed by atoms with E-state index in [-0.39, 0.29) is 5.69 Å². The maximum atomic E-state index is 11.0. The second kappa shape index (κ2) is 5.80. The van der Waals surface area contributed by atoms with Gasteiger partial charge in [0, 0.05) is 18.2 Å². The highest BCUT2D eigenvalue weighted by Gasteiger charge is 2.09. The second-order valence-electron chi connectivity index (χ2n) is 4.03. The van der Waals surface area contributed by atoms with Crippen LogP contribution >= 0.6 is 0 Å². The van der Waals surface area contributed by atoms with Crippen LogP contribution in [0.2, 0.25) is 0 Å². The summed E-state index contributed by atoms with van der Waals surface area (Å²) in [5.41, 5.74) is 1.12. The molecule has 0 fully saturated rings. The summed E-state index contributed by atoms with van der Waals surface area (Å²) >= 11 is 0. The lowest BCUT2D eigenvalue weighted by Gasteiger charge is -2.08. The minimum atomic E-state index is -1.10. The van der Waals surface area contributed by atoms with Crippen molar-refractivity contribution in [2.75, 3.05) is 5.32 Å². The molecular weight excluding hydrogens is 256 g/mol. The summed E-state index contributed by atoms with van der Waals surface area (Å²) in [7, 11) is 0. The van der Waals surface area contributed by atoms with E-state index in [1.165, 1.54) is 6.07 Å². The van der Waals surface area contributed by atoms with Crippen LogP contribution in [0.25, 0.3) is 0 Å². The minimum Gasteiger partial charge on any atom is -0.477 e. The van der Waals surface area contributed by atoms with Crippen LogP contribution in [0.4, 0.5) is 11.5 Å². The van der Waals surface area contributed by atoms with E-state index in [0.717, 1.165) is 0 Å². The molecule has 20 heavy (non-hydrogen) atoms. The van der Waals surface area contributed by atoms with Gasteiger partial charge in [-0.25, -0.2) is 14.8 Å². The maximum Gasteiger partial charge on any atom is 0.354 e. The maximum absolute atomic E-state index is 11.0. The Labute approximate surface area is 115 Å². The molecule has 0 aliphatic heterocycles. The smallest absolute Gasteiger partial charge is 0.354 e. The molecule has 1 heterocycles. The van der Waals surface area contributed by atoms with Crippen molar-refractivity contribution < 1.29 is 9.90 Å². The zero-order valence-corrected chi connectivity index (χ0v) is 10.8. The van der Waals surface area contributed by atoms with Gasteiger partial charge in [-0.15, -0.1) is 0 Å². The number of carbonyl (C=O) groups is 1. The molecule has 1 aromatic heterocycles. The Kier molecular flexibility index (Phi) is 3.91. The average molecular weight is 268 g/mol. The van der Waals surface area contributed by atoms with Crippen molar-refractivity contribution in [1.29, 1.82) is 5.26 Å². The Morgan fingerprint density at radius 1 is 1.40 bits per heavy atom. The number of hydrogen-bond acceptors (Lipinski definition) is 5. The Morgan fingerprint density at radius 3 is 2.85 bits per heavy atom. The van der Waals surface area contributed by atoms with Crippen LogP contribution in [0.3, 0.4) is 0 Å². The SMILES string of the molecule is CCc1nc(Nc2cccc(C#N)c2)cc(C(=O)O)n1. The fourth-order valence-electron chi connectivity index (χ4n) is 1.64. The standard InChI is InChI=1S/C14H12N4O2/c1-2-12-17-11(14(19)20)7-13(18-12)16-10-5-3-4-9(6-10)8-15/h3-7H,2H2,1H3,(H,19,20)(H,16,17,18). The first-order chi connectivity index (χ1) is 9.62. The highest BCUT2D eigenvalue weighted by molar-refractivity contribution is 5.86.